The van der Waals surface area contributed by atoms with Crippen molar-refractivity contribution in [1.29, 1.82) is 0 Å². The number of aromatic nitrogens is 2. The number of hydrogen-bond acceptors (Lipinski definition) is 6. The summed E-state index contributed by atoms with van der Waals surface area (Å²) in [5.41, 5.74) is 11.2. The highest BCUT2D eigenvalue weighted by Gasteiger charge is 2.29. The highest BCUT2D eigenvalue weighted by molar-refractivity contribution is 5.93. The van der Waals surface area contributed by atoms with Gasteiger partial charge in [0, 0.05) is 18.3 Å². The molecule has 0 aliphatic carbocycles. The van der Waals surface area contributed by atoms with Crippen LogP contribution in [0.5, 0.6) is 0 Å². The Morgan fingerprint density at radius 1 is 1.19 bits per heavy atom. The Labute approximate surface area is 156 Å². The van der Waals surface area contributed by atoms with Crippen molar-refractivity contribution in [2.45, 2.75) is 51.2 Å². The Morgan fingerprint density at radius 2 is 1.81 bits per heavy atom. The molecule has 11 nitrogen and oxygen atoms in total. The lowest BCUT2D eigenvalue weighted by Gasteiger charge is -2.23. The Morgan fingerprint density at radius 3 is 2.30 bits per heavy atom. The average Bonchev–Trinajstić information content (AvgIpc) is 3.05. The molecule has 1 aromatic rings. The van der Waals surface area contributed by atoms with Gasteiger partial charge in [-0.3, -0.25) is 14.4 Å². The number of imidazole rings is 1. The van der Waals surface area contributed by atoms with E-state index in [1.54, 1.807) is 0 Å². The van der Waals surface area contributed by atoms with Gasteiger partial charge in [0.2, 0.25) is 17.7 Å². The molecule has 3 atom stereocenters. The minimum absolute atomic E-state index is 0.0366. The molecular formula is C16H26N6O5. The fourth-order valence-electron chi connectivity index (χ4n) is 2.38. The fourth-order valence-corrected chi connectivity index (χ4v) is 2.38. The van der Waals surface area contributed by atoms with E-state index in [1.165, 1.54) is 12.5 Å². The number of hydrogen-bond donors (Lipinski definition) is 6. The Bertz CT molecular complexity index is 660. The van der Waals surface area contributed by atoms with Gasteiger partial charge in [-0.25, -0.2) is 9.78 Å². The zero-order valence-electron chi connectivity index (χ0n) is 15.3. The van der Waals surface area contributed by atoms with Crippen molar-refractivity contribution in [3.63, 3.8) is 0 Å². The van der Waals surface area contributed by atoms with Gasteiger partial charge < -0.3 is 32.2 Å². The van der Waals surface area contributed by atoms with Crippen LogP contribution in [-0.4, -0.2) is 56.9 Å². The fraction of sp³-hybridized carbons (Fsp3) is 0.562. The van der Waals surface area contributed by atoms with Crippen LogP contribution in [0.1, 0.15) is 32.4 Å². The second-order valence-corrected chi connectivity index (χ2v) is 6.65. The number of primary amides is 1. The molecule has 0 saturated heterocycles. The van der Waals surface area contributed by atoms with E-state index in [2.05, 4.69) is 20.6 Å². The van der Waals surface area contributed by atoms with E-state index in [9.17, 15) is 24.3 Å². The van der Waals surface area contributed by atoms with Gasteiger partial charge in [-0.05, 0) is 12.3 Å². The third kappa shape index (κ3) is 7.86. The summed E-state index contributed by atoms with van der Waals surface area (Å²) in [6.07, 6.45) is 2.76. The van der Waals surface area contributed by atoms with Crippen molar-refractivity contribution in [3.8, 4) is 0 Å². The molecule has 0 bridgehead atoms. The van der Waals surface area contributed by atoms with E-state index in [-0.39, 0.29) is 25.2 Å². The third-order valence-electron chi connectivity index (χ3n) is 3.69. The molecule has 1 rings (SSSR count). The second-order valence-electron chi connectivity index (χ2n) is 6.65. The molecule has 0 spiro atoms. The summed E-state index contributed by atoms with van der Waals surface area (Å²) < 4.78 is 0. The summed E-state index contributed by atoms with van der Waals surface area (Å²) in [7, 11) is 0. The number of carboxylic acid groups (broad SMARTS) is 1. The van der Waals surface area contributed by atoms with Crippen LogP contribution >= 0.6 is 0 Å². The lowest BCUT2D eigenvalue weighted by molar-refractivity contribution is -0.142. The molecule has 3 amide bonds. The van der Waals surface area contributed by atoms with Crippen LogP contribution in [-0.2, 0) is 25.6 Å². The molecule has 8 N–H and O–H groups in total. The maximum atomic E-state index is 12.6. The van der Waals surface area contributed by atoms with Crippen molar-refractivity contribution < 1.29 is 24.3 Å². The van der Waals surface area contributed by atoms with Crippen LogP contribution in [0.4, 0.5) is 0 Å². The van der Waals surface area contributed by atoms with Gasteiger partial charge in [0.15, 0.2) is 0 Å². The molecular weight excluding hydrogens is 356 g/mol. The largest absolute Gasteiger partial charge is 0.480 e. The number of aromatic amines is 1. The van der Waals surface area contributed by atoms with Crippen molar-refractivity contribution in [2.24, 2.45) is 17.4 Å². The van der Waals surface area contributed by atoms with E-state index in [0.717, 1.165) is 0 Å². The predicted octanol–water partition coefficient (Wildman–Crippen LogP) is -1.74. The average molecular weight is 382 g/mol. The number of rotatable bonds is 11. The highest BCUT2D eigenvalue weighted by atomic mass is 16.4. The van der Waals surface area contributed by atoms with E-state index in [0.29, 0.717) is 5.69 Å². The van der Waals surface area contributed by atoms with E-state index in [1.807, 2.05) is 13.8 Å². The van der Waals surface area contributed by atoms with Crippen LogP contribution in [0, 0.1) is 5.92 Å². The summed E-state index contributed by atoms with van der Waals surface area (Å²) in [4.78, 5) is 53.7. The first-order valence-electron chi connectivity index (χ1n) is 8.44. The summed E-state index contributed by atoms with van der Waals surface area (Å²) in [6, 6.07) is -3.42. The molecule has 0 unspecified atom stereocenters. The monoisotopic (exact) mass is 382 g/mol. The van der Waals surface area contributed by atoms with Crippen molar-refractivity contribution in [1.82, 2.24) is 20.6 Å². The standard InChI is InChI=1S/C16H26N6O5/c1-8(2)3-12(16(26)27)22-15(25)11(4-9-6-19-7-20-9)21-14(24)10(17)5-13(18)23/h6-8,10-12H,3-5,17H2,1-2H3,(H2,18,23)(H,19,20)(H,21,24)(H,22,25)(H,26,27)/t10-,11-,12-/m0/s1. The van der Waals surface area contributed by atoms with Gasteiger partial charge in [-0.2, -0.15) is 0 Å². The topological polar surface area (TPSA) is 193 Å². The normalized spacial score (nSPS) is 14.2. The minimum atomic E-state index is -1.22. The molecule has 1 heterocycles. The molecule has 0 radical (unpaired) electrons. The van der Waals surface area contributed by atoms with Crippen LogP contribution in [0.25, 0.3) is 0 Å². The van der Waals surface area contributed by atoms with Gasteiger partial charge in [0.25, 0.3) is 0 Å². The smallest absolute Gasteiger partial charge is 0.326 e. The molecule has 0 aliphatic rings. The molecule has 150 valence electrons. The summed E-state index contributed by atoms with van der Waals surface area (Å²) >= 11 is 0. The van der Waals surface area contributed by atoms with Crippen LogP contribution in [0.3, 0.4) is 0 Å². The van der Waals surface area contributed by atoms with Gasteiger partial charge in [0.05, 0.1) is 18.8 Å². The quantitative estimate of drug-likeness (QED) is 0.261. The Balaban J connectivity index is 2.89. The van der Waals surface area contributed by atoms with E-state index >= 15 is 0 Å². The summed E-state index contributed by atoms with van der Waals surface area (Å²) in [6.45, 7) is 3.66. The first kappa shape index (κ1) is 22.1. The summed E-state index contributed by atoms with van der Waals surface area (Å²) in [5.74, 6) is -3.32. The van der Waals surface area contributed by atoms with Crippen LogP contribution in [0.2, 0.25) is 0 Å². The zero-order chi connectivity index (χ0) is 20.6. The van der Waals surface area contributed by atoms with E-state index < -0.39 is 41.8 Å². The van der Waals surface area contributed by atoms with E-state index in [4.69, 9.17) is 11.5 Å². The molecule has 0 aromatic carbocycles. The maximum absolute atomic E-state index is 12.6. The predicted molar refractivity (Wildman–Crippen MR) is 95.0 cm³/mol. The second kappa shape index (κ2) is 10.3. The van der Waals surface area contributed by atoms with Crippen LogP contribution in [0.15, 0.2) is 12.5 Å². The molecule has 1 aromatic heterocycles. The Kier molecular flexibility index (Phi) is 8.39. The number of nitrogens with one attached hydrogen (secondary N) is 3. The lowest BCUT2D eigenvalue weighted by atomic mass is 10.0. The van der Waals surface area contributed by atoms with Crippen molar-refractivity contribution >= 4 is 23.7 Å². The molecule has 11 heteroatoms. The number of H-pyrrole nitrogens is 1. The van der Waals surface area contributed by atoms with Gasteiger partial charge in [-0.1, -0.05) is 13.8 Å². The number of carbonyl (C=O) groups is 4. The van der Waals surface area contributed by atoms with Gasteiger partial charge >= 0.3 is 5.97 Å². The van der Waals surface area contributed by atoms with Gasteiger partial charge in [0.1, 0.15) is 12.1 Å². The summed E-state index contributed by atoms with van der Waals surface area (Å²) in [5, 5.41) is 14.1. The molecule has 27 heavy (non-hydrogen) atoms. The van der Waals surface area contributed by atoms with Gasteiger partial charge in [-0.15, -0.1) is 0 Å². The first-order valence-corrected chi connectivity index (χ1v) is 8.44. The number of carboxylic acids is 1. The molecule has 0 saturated carbocycles. The minimum Gasteiger partial charge on any atom is -0.480 e. The third-order valence-corrected chi connectivity index (χ3v) is 3.69. The number of nitrogens with zero attached hydrogens (tertiary/aromatic N) is 1. The van der Waals surface area contributed by atoms with Crippen LogP contribution < -0.4 is 22.1 Å². The SMILES string of the molecule is CC(C)C[C@H](NC(=O)[C@H](Cc1cnc[nH]1)NC(=O)[C@@H](N)CC(N)=O)C(=O)O. The lowest BCUT2D eigenvalue weighted by Crippen LogP contribution is -2.55. The Hall–Kier alpha value is -2.95. The number of amides is 3. The zero-order valence-corrected chi connectivity index (χ0v) is 15.3. The van der Waals surface area contributed by atoms with Crippen molar-refractivity contribution in [2.75, 3.05) is 0 Å². The number of aliphatic carboxylic acids is 1. The van der Waals surface area contributed by atoms with Crippen molar-refractivity contribution in [3.05, 3.63) is 18.2 Å². The number of carbonyl (C=O) groups excluding carboxylic acids is 3. The number of nitrogens with two attached hydrogens (primary N) is 2. The first-order chi connectivity index (χ1) is 12.6. The molecule has 0 aliphatic heterocycles. The highest BCUT2D eigenvalue weighted by Crippen LogP contribution is 2.07. The molecule has 0 fully saturated rings. The maximum Gasteiger partial charge on any atom is 0.326 e.